The van der Waals surface area contributed by atoms with Gasteiger partial charge < -0.3 is 10.3 Å². The van der Waals surface area contributed by atoms with Crippen molar-refractivity contribution in [3.8, 4) is 33.8 Å². The highest BCUT2D eigenvalue weighted by atomic mass is 19.1. The molecule has 0 spiro atoms. The van der Waals surface area contributed by atoms with Gasteiger partial charge in [-0.2, -0.15) is 5.10 Å². The predicted octanol–water partition coefficient (Wildman–Crippen LogP) is 6.55. The number of carbonyl (C=O) groups excluding carboxylic acids is 1. The molecule has 2 aromatic carbocycles. The molecular weight excluding hydrogens is 517 g/mol. The molecule has 0 unspecified atom stereocenters. The lowest BCUT2D eigenvalue weighted by Crippen LogP contribution is -2.14. The molecule has 0 atom stereocenters. The number of aromatic amines is 2. The van der Waals surface area contributed by atoms with Gasteiger partial charge in [-0.3, -0.25) is 19.9 Å². The number of carbonyl (C=O) groups is 1. The maximum Gasteiger partial charge on any atom is 0.228 e. The molecule has 0 radical (unpaired) electrons. The summed E-state index contributed by atoms with van der Waals surface area (Å²) in [6.45, 7) is 0. The molecule has 7 rings (SSSR count). The van der Waals surface area contributed by atoms with Crippen LogP contribution >= 0.6 is 0 Å². The molecule has 0 saturated carbocycles. The highest BCUT2D eigenvalue weighted by Gasteiger charge is 2.16. The minimum absolute atomic E-state index is 0.119. The van der Waals surface area contributed by atoms with Crippen molar-refractivity contribution in [2.75, 3.05) is 5.32 Å². The van der Waals surface area contributed by atoms with Gasteiger partial charge in [-0.25, -0.2) is 9.37 Å². The number of hydrogen-bond donors (Lipinski definition) is 3. The second-order valence-electron chi connectivity index (χ2n) is 9.68. The van der Waals surface area contributed by atoms with Crippen molar-refractivity contribution in [2.45, 2.75) is 6.42 Å². The molecule has 198 valence electrons. The number of H-pyrrole nitrogens is 2. The number of amides is 1. The first-order valence-corrected chi connectivity index (χ1v) is 13.0. The summed E-state index contributed by atoms with van der Waals surface area (Å²) in [7, 11) is 0. The summed E-state index contributed by atoms with van der Waals surface area (Å²) < 4.78 is 13.9. The Morgan fingerprint density at radius 3 is 2.56 bits per heavy atom. The molecule has 0 aliphatic rings. The zero-order chi connectivity index (χ0) is 27.8. The summed E-state index contributed by atoms with van der Waals surface area (Å²) in [5.74, 6) is -0.435. The van der Waals surface area contributed by atoms with E-state index >= 15 is 0 Å². The van der Waals surface area contributed by atoms with Crippen LogP contribution in [-0.4, -0.2) is 36.0 Å². The average molecular weight is 540 g/mol. The lowest BCUT2D eigenvalue weighted by molar-refractivity contribution is -0.115. The number of pyridine rings is 3. The Morgan fingerprint density at radius 1 is 0.805 bits per heavy atom. The van der Waals surface area contributed by atoms with Crippen molar-refractivity contribution in [3.05, 3.63) is 115 Å². The summed E-state index contributed by atoms with van der Waals surface area (Å²) in [6, 6.07) is 23.7. The number of rotatable bonds is 6. The lowest BCUT2D eigenvalue weighted by atomic mass is 10.1. The first-order chi connectivity index (χ1) is 20.1. The first-order valence-electron chi connectivity index (χ1n) is 13.0. The number of nitrogens with zero attached hydrogens (tertiary/aromatic N) is 4. The third-order valence-electron chi connectivity index (χ3n) is 6.88. The Labute approximate surface area is 233 Å². The van der Waals surface area contributed by atoms with Crippen molar-refractivity contribution in [1.29, 1.82) is 0 Å². The van der Waals surface area contributed by atoms with Crippen molar-refractivity contribution < 1.29 is 9.18 Å². The molecule has 0 saturated heterocycles. The number of anilines is 1. The molecule has 0 bridgehead atoms. The van der Waals surface area contributed by atoms with Gasteiger partial charge in [0.25, 0.3) is 0 Å². The van der Waals surface area contributed by atoms with E-state index in [1.165, 1.54) is 12.1 Å². The molecule has 41 heavy (non-hydrogen) atoms. The summed E-state index contributed by atoms with van der Waals surface area (Å²) in [5, 5.41) is 12.1. The standard InChI is InChI=1S/C32H22FN7O/c33-23-8-4-7-20(12-23)30-25-15-28(38-27(25)9-10-35-30)31-26-14-22(17-36-32(26)40-39-31)21-13-24(18-34-16-21)37-29(41)11-19-5-2-1-3-6-19/h1-10,12-18,38H,11H2,(H,37,41)(H,36,39,40). The van der Waals surface area contributed by atoms with Crippen LogP contribution in [0.3, 0.4) is 0 Å². The van der Waals surface area contributed by atoms with Gasteiger partial charge in [0, 0.05) is 51.6 Å². The van der Waals surface area contributed by atoms with Gasteiger partial charge in [0.05, 0.1) is 29.7 Å². The Morgan fingerprint density at radius 2 is 1.68 bits per heavy atom. The molecule has 0 aliphatic carbocycles. The van der Waals surface area contributed by atoms with E-state index in [2.05, 4.69) is 35.5 Å². The molecule has 7 aromatic rings. The Hall–Kier alpha value is -5.70. The van der Waals surface area contributed by atoms with Crippen LogP contribution in [0.15, 0.2) is 104 Å². The Balaban J connectivity index is 1.21. The fourth-order valence-corrected chi connectivity index (χ4v) is 4.97. The van der Waals surface area contributed by atoms with Crippen molar-refractivity contribution in [1.82, 2.24) is 30.1 Å². The monoisotopic (exact) mass is 539 g/mol. The van der Waals surface area contributed by atoms with Crippen LogP contribution in [0.2, 0.25) is 0 Å². The number of aromatic nitrogens is 6. The van der Waals surface area contributed by atoms with Gasteiger partial charge in [-0.05, 0) is 42.0 Å². The zero-order valence-corrected chi connectivity index (χ0v) is 21.6. The van der Waals surface area contributed by atoms with Crippen LogP contribution in [0.4, 0.5) is 10.1 Å². The minimum atomic E-state index is -0.316. The third kappa shape index (κ3) is 4.80. The van der Waals surface area contributed by atoms with E-state index < -0.39 is 0 Å². The predicted molar refractivity (Wildman–Crippen MR) is 156 cm³/mol. The highest BCUT2D eigenvalue weighted by molar-refractivity contribution is 6.00. The second kappa shape index (κ2) is 10.1. The normalized spacial score (nSPS) is 11.2. The van der Waals surface area contributed by atoms with E-state index in [-0.39, 0.29) is 18.1 Å². The van der Waals surface area contributed by atoms with Crippen LogP contribution in [0.1, 0.15) is 5.56 Å². The molecule has 9 heteroatoms. The van der Waals surface area contributed by atoms with Crippen molar-refractivity contribution in [2.24, 2.45) is 0 Å². The molecule has 5 heterocycles. The van der Waals surface area contributed by atoms with E-state index in [0.717, 1.165) is 38.7 Å². The molecule has 1 amide bonds. The van der Waals surface area contributed by atoms with E-state index in [9.17, 15) is 9.18 Å². The highest BCUT2D eigenvalue weighted by Crippen LogP contribution is 2.34. The molecule has 3 N–H and O–H groups in total. The fraction of sp³-hybridized carbons (Fsp3) is 0.0312. The molecule has 8 nitrogen and oxygen atoms in total. The summed E-state index contributed by atoms with van der Waals surface area (Å²) in [4.78, 5) is 29.4. The van der Waals surface area contributed by atoms with Gasteiger partial charge in [0.2, 0.25) is 5.91 Å². The van der Waals surface area contributed by atoms with Crippen LogP contribution < -0.4 is 5.32 Å². The second-order valence-corrected chi connectivity index (χ2v) is 9.68. The first kappa shape index (κ1) is 24.3. The Bertz CT molecular complexity index is 2050. The van der Waals surface area contributed by atoms with Gasteiger partial charge in [-0.1, -0.05) is 42.5 Å². The number of benzene rings is 2. The zero-order valence-electron chi connectivity index (χ0n) is 21.6. The van der Waals surface area contributed by atoms with E-state index in [1.807, 2.05) is 60.7 Å². The van der Waals surface area contributed by atoms with Gasteiger partial charge >= 0.3 is 0 Å². The third-order valence-corrected chi connectivity index (χ3v) is 6.88. The molecule has 5 aromatic heterocycles. The molecule has 0 fully saturated rings. The van der Waals surface area contributed by atoms with E-state index in [0.29, 0.717) is 28.3 Å². The van der Waals surface area contributed by atoms with Crippen LogP contribution in [0.5, 0.6) is 0 Å². The smallest absolute Gasteiger partial charge is 0.228 e. The maximum atomic E-state index is 13.9. The van der Waals surface area contributed by atoms with Gasteiger partial charge in [0.1, 0.15) is 11.5 Å². The maximum absolute atomic E-state index is 13.9. The van der Waals surface area contributed by atoms with E-state index in [1.54, 1.807) is 30.9 Å². The van der Waals surface area contributed by atoms with Crippen molar-refractivity contribution in [3.63, 3.8) is 0 Å². The van der Waals surface area contributed by atoms with Crippen LogP contribution in [0, 0.1) is 5.82 Å². The minimum Gasteiger partial charge on any atom is -0.353 e. The van der Waals surface area contributed by atoms with Crippen LogP contribution in [0.25, 0.3) is 55.7 Å². The largest absolute Gasteiger partial charge is 0.353 e. The van der Waals surface area contributed by atoms with Crippen LogP contribution in [-0.2, 0) is 11.2 Å². The fourth-order valence-electron chi connectivity index (χ4n) is 4.97. The van der Waals surface area contributed by atoms with Crippen molar-refractivity contribution >= 4 is 33.5 Å². The number of fused-ring (bicyclic) bond motifs is 2. The van der Waals surface area contributed by atoms with E-state index in [4.69, 9.17) is 0 Å². The lowest BCUT2D eigenvalue weighted by Gasteiger charge is -2.07. The Kier molecular flexibility index (Phi) is 6.01. The van der Waals surface area contributed by atoms with Gasteiger partial charge in [-0.15, -0.1) is 0 Å². The number of hydrogen-bond acceptors (Lipinski definition) is 5. The summed E-state index contributed by atoms with van der Waals surface area (Å²) in [6.07, 6.45) is 7.07. The SMILES string of the molecule is O=C(Cc1ccccc1)Nc1cncc(-c2cnc3[nH]nc(-c4cc5c(-c6cccc(F)c6)nccc5[nH]4)c3c2)c1. The number of nitrogens with one attached hydrogen (secondary N) is 3. The van der Waals surface area contributed by atoms with Gasteiger partial charge in [0.15, 0.2) is 5.65 Å². The topological polar surface area (TPSA) is 112 Å². The summed E-state index contributed by atoms with van der Waals surface area (Å²) in [5.41, 5.74) is 7.50. The molecule has 0 aliphatic heterocycles. The summed E-state index contributed by atoms with van der Waals surface area (Å²) >= 11 is 0. The molecular formula is C32H22FN7O. The average Bonchev–Trinajstić information content (AvgIpc) is 3.61. The quantitative estimate of drug-likeness (QED) is 0.222. The number of halogens is 1.